The molecule has 3 aromatic rings. The van der Waals surface area contributed by atoms with E-state index in [4.69, 9.17) is 9.47 Å². The minimum atomic E-state index is -0.668. The molecule has 7 nitrogen and oxygen atoms in total. The van der Waals surface area contributed by atoms with Crippen LogP contribution in [0.15, 0.2) is 42.7 Å². The van der Waals surface area contributed by atoms with Gasteiger partial charge in [0.1, 0.15) is 18.0 Å². The zero-order valence-corrected chi connectivity index (χ0v) is 17.1. The van der Waals surface area contributed by atoms with Crippen LogP contribution >= 0.6 is 0 Å². The molecule has 2 aromatic carbocycles. The molecule has 0 radical (unpaired) electrons. The van der Waals surface area contributed by atoms with E-state index in [1.807, 2.05) is 19.1 Å². The second-order valence-corrected chi connectivity index (χ2v) is 7.94. The lowest BCUT2D eigenvalue weighted by atomic mass is 10.0. The molecule has 2 aliphatic heterocycles. The SMILES string of the molecule is Cc1cc(Nc2ncn(-c3cc(F)cc(F)c3)n2)cc(C2CN(C3COC3)CCO2)c1.[HH]. The Balaban J connectivity index is 0.00000245. The highest BCUT2D eigenvalue weighted by molar-refractivity contribution is 5.56. The largest absolute Gasteiger partial charge is 0.378 e. The average Bonchev–Trinajstić information content (AvgIpc) is 3.14. The highest BCUT2D eigenvalue weighted by Gasteiger charge is 2.31. The van der Waals surface area contributed by atoms with Crippen LogP contribution in [0, 0.1) is 18.6 Å². The molecule has 0 aliphatic carbocycles. The number of anilines is 2. The highest BCUT2D eigenvalue weighted by Crippen LogP contribution is 2.29. The summed E-state index contributed by atoms with van der Waals surface area (Å²) in [6.07, 6.45) is 1.39. The van der Waals surface area contributed by atoms with E-state index in [9.17, 15) is 8.78 Å². The van der Waals surface area contributed by atoms with Gasteiger partial charge >= 0.3 is 0 Å². The summed E-state index contributed by atoms with van der Waals surface area (Å²) in [6, 6.07) is 9.85. The van der Waals surface area contributed by atoms with Crippen LogP contribution in [-0.2, 0) is 9.47 Å². The third-order valence-electron chi connectivity index (χ3n) is 5.57. The van der Waals surface area contributed by atoms with Gasteiger partial charge in [0.2, 0.25) is 5.95 Å². The van der Waals surface area contributed by atoms with Gasteiger partial charge in [-0.2, -0.15) is 4.98 Å². The van der Waals surface area contributed by atoms with Crippen molar-refractivity contribution in [2.45, 2.75) is 19.1 Å². The maximum atomic E-state index is 13.5. The van der Waals surface area contributed by atoms with Crippen molar-refractivity contribution in [2.75, 3.05) is 38.2 Å². The number of aromatic nitrogens is 3. The van der Waals surface area contributed by atoms with E-state index in [-0.39, 0.29) is 13.2 Å². The van der Waals surface area contributed by atoms with Crippen LogP contribution in [-0.4, -0.2) is 58.6 Å². The number of nitrogens with one attached hydrogen (secondary N) is 1. The van der Waals surface area contributed by atoms with Crippen molar-refractivity contribution in [3.05, 3.63) is 65.5 Å². The van der Waals surface area contributed by atoms with Gasteiger partial charge in [0, 0.05) is 26.3 Å². The van der Waals surface area contributed by atoms with Crippen LogP contribution in [0.2, 0.25) is 0 Å². The van der Waals surface area contributed by atoms with Gasteiger partial charge in [-0.25, -0.2) is 13.5 Å². The van der Waals surface area contributed by atoms with E-state index in [1.165, 1.54) is 23.1 Å². The molecule has 1 atom stereocenters. The Morgan fingerprint density at radius 2 is 1.90 bits per heavy atom. The van der Waals surface area contributed by atoms with E-state index >= 15 is 0 Å². The standard InChI is InChI=1S/C22H23F2N5O2.H2/c1-14-4-15(21-10-28(2-3-31-21)20-11-30-12-20)6-18(5-14)26-22-25-13-29(27-22)19-8-16(23)7-17(24)9-19;/h4-9,13,20-21H,2-3,10-12H2,1H3,(H,26,27);1H. The normalized spacial score (nSPS) is 19.9. The molecule has 2 aliphatic rings. The number of hydrogen-bond donors (Lipinski definition) is 1. The van der Waals surface area contributed by atoms with Gasteiger partial charge in [-0.05, 0) is 42.3 Å². The summed E-state index contributed by atoms with van der Waals surface area (Å²) in [6.45, 7) is 6.04. The molecule has 5 rings (SSSR count). The fourth-order valence-corrected chi connectivity index (χ4v) is 3.95. The van der Waals surface area contributed by atoms with E-state index < -0.39 is 11.6 Å². The van der Waals surface area contributed by atoms with Crippen molar-refractivity contribution in [1.82, 2.24) is 19.7 Å². The third kappa shape index (κ3) is 4.43. The van der Waals surface area contributed by atoms with E-state index in [1.54, 1.807) is 0 Å². The minimum Gasteiger partial charge on any atom is -0.378 e. The Morgan fingerprint density at radius 1 is 1.10 bits per heavy atom. The number of rotatable bonds is 5. The number of hydrogen-bond acceptors (Lipinski definition) is 6. The Morgan fingerprint density at radius 3 is 2.65 bits per heavy atom. The van der Waals surface area contributed by atoms with Gasteiger partial charge in [-0.15, -0.1) is 5.10 Å². The minimum absolute atomic E-state index is 0. The zero-order valence-electron chi connectivity index (χ0n) is 17.1. The Hall–Kier alpha value is -2.88. The molecule has 2 saturated heterocycles. The van der Waals surface area contributed by atoms with Gasteiger partial charge in [0.05, 0.1) is 37.7 Å². The molecule has 0 spiro atoms. The summed E-state index contributed by atoms with van der Waals surface area (Å²) in [5, 5.41) is 7.47. The van der Waals surface area contributed by atoms with Crippen LogP contribution in [0.4, 0.5) is 20.4 Å². The molecule has 0 amide bonds. The first kappa shape index (κ1) is 20.0. The molecule has 2 fully saturated rings. The monoisotopic (exact) mass is 429 g/mol. The van der Waals surface area contributed by atoms with Crippen molar-refractivity contribution >= 4 is 11.6 Å². The summed E-state index contributed by atoms with van der Waals surface area (Å²) < 4.78 is 39.7. The quantitative estimate of drug-likeness (QED) is 0.669. The lowest BCUT2D eigenvalue weighted by Gasteiger charge is -2.42. The van der Waals surface area contributed by atoms with Crippen molar-refractivity contribution in [3.8, 4) is 5.69 Å². The van der Waals surface area contributed by atoms with Crippen LogP contribution < -0.4 is 5.32 Å². The molecule has 164 valence electrons. The van der Waals surface area contributed by atoms with Crippen LogP contribution in [0.5, 0.6) is 0 Å². The second kappa shape index (κ2) is 8.33. The molecule has 1 aromatic heterocycles. The average molecular weight is 429 g/mol. The smallest absolute Gasteiger partial charge is 0.246 e. The fraction of sp³-hybridized carbons (Fsp3) is 0.364. The van der Waals surface area contributed by atoms with Crippen molar-refractivity contribution in [2.24, 2.45) is 0 Å². The van der Waals surface area contributed by atoms with Crippen molar-refractivity contribution in [1.29, 1.82) is 0 Å². The Kier molecular flexibility index (Phi) is 5.39. The van der Waals surface area contributed by atoms with Crippen molar-refractivity contribution < 1.29 is 19.7 Å². The lowest BCUT2D eigenvalue weighted by molar-refractivity contribution is -0.115. The molecular weight excluding hydrogens is 404 g/mol. The maximum absolute atomic E-state index is 13.5. The first-order chi connectivity index (χ1) is 15.0. The van der Waals surface area contributed by atoms with E-state index in [2.05, 4.69) is 26.4 Å². The lowest BCUT2D eigenvalue weighted by Crippen LogP contribution is -2.53. The van der Waals surface area contributed by atoms with E-state index in [0.717, 1.165) is 49.2 Å². The fourth-order valence-electron chi connectivity index (χ4n) is 3.95. The summed E-state index contributed by atoms with van der Waals surface area (Å²) in [5.41, 5.74) is 3.25. The maximum Gasteiger partial charge on any atom is 0.246 e. The molecule has 3 heterocycles. The van der Waals surface area contributed by atoms with Gasteiger partial charge in [-0.3, -0.25) is 4.90 Å². The molecule has 9 heteroatoms. The number of halogens is 2. The van der Waals surface area contributed by atoms with Gasteiger partial charge < -0.3 is 14.8 Å². The van der Waals surface area contributed by atoms with Crippen LogP contribution in [0.1, 0.15) is 18.7 Å². The predicted octanol–water partition coefficient (Wildman–Crippen LogP) is 3.62. The third-order valence-corrected chi connectivity index (χ3v) is 5.57. The van der Waals surface area contributed by atoms with Gasteiger partial charge in [0.25, 0.3) is 0 Å². The molecule has 0 saturated carbocycles. The number of ether oxygens (including phenoxy) is 2. The van der Waals surface area contributed by atoms with Crippen molar-refractivity contribution in [3.63, 3.8) is 0 Å². The number of aryl methyl sites for hydroxylation is 1. The predicted molar refractivity (Wildman–Crippen MR) is 113 cm³/mol. The molecule has 0 bridgehead atoms. The second-order valence-electron chi connectivity index (χ2n) is 7.94. The van der Waals surface area contributed by atoms with Gasteiger partial charge in [0.15, 0.2) is 0 Å². The number of nitrogens with zero attached hydrogens (tertiary/aromatic N) is 4. The summed E-state index contributed by atoms with van der Waals surface area (Å²) in [4.78, 5) is 6.64. The summed E-state index contributed by atoms with van der Waals surface area (Å²) in [7, 11) is 0. The molecule has 1 N–H and O–H groups in total. The highest BCUT2D eigenvalue weighted by atomic mass is 19.1. The van der Waals surface area contributed by atoms with Crippen LogP contribution in [0.3, 0.4) is 0 Å². The first-order valence-electron chi connectivity index (χ1n) is 10.2. The molecule has 1 unspecified atom stereocenters. The molecular formula is C22H25F2N5O2. The van der Waals surface area contributed by atoms with Gasteiger partial charge in [-0.1, -0.05) is 6.07 Å². The van der Waals surface area contributed by atoms with Crippen LogP contribution in [0.25, 0.3) is 5.69 Å². The summed E-state index contributed by atoms with van der Waals surface area (Å²) >= 11 is 0. The van der Waals surface area contributed by atoms with E-state index in [0.29, 0.717) is 18.6 Å². The Labute approximate surface area is 180 Å². The first-order valence-corrected chi connectivity index (χ1v) is 10.2. The number of benzene rings is 2. The topological polar surface area (TPSA) is 64.4 Å². The summed E-state index contributed by atoms with van der Waals surface area (Å²) in [5.74, 6) is -1.00. The number of morpholine rings is 1. The Bertz CT molecular complexity index is 1070. The molecule has 31 heavy (non-hydrogen) atoms. The zero-order chi connectivity index (χ0) is 21.4.